The van der Waals surface area contributed by atoms with Gasteiger partial charge in [0, 0.05) is 5.56 Å². The van der Waals surface area contributed by atoms with Crippen LogP contribution in [-0.4, -0.2) is 29.3 Å². The topological polar surface area (TPSA) is 76.0 Å². The Bertz CT molecular complexity index is 451. The van der Waals surface area contributed by atoms with E-state index in [0.717, 1.165) is 0 Å². The van der Waals surface area contributed by atoms with E-state index in [9.17, 15) is 9.59 Å². The first-order chi connectivity index (χ1) is 8.20. The molecule has 0 spiro atoms. The average molecular weight is 233 g/mol. The SMILES string of the molecule is C=CCOC(=O)C(=NO)C(=O)c1ccccc1. The van der Waals surface area contributed by atoms with Gasteiger partial charge in [0.1, 0.15) is 6.61 Å². The van der Waals surface area contributed by atoms with Crippen LogP contribution in [0.1, 0.15) is 10.4 Å². The van der Waals surface area contributed by atoms with Crippen molar-refractivity contribution in [2.75, 3.05) is 6.61 Å². The Balaban J connectivity index is 2.86. The third kappa shape index (κ3) is 3.27. The lowest BCUT2D eigenvalue weighted by Gasteiger charge is -2.03. The van der Waals surface area contributed by atoms with E-state index in [2.05, 4.69) is 16.5 Å². The molecule has 0 radical (unpaired) electrons. The van der Waals surface area contributed by atoms with Crippen molar-refractivity contribution in [1.82, 2.24) is 0 Å². The van der Waals surface area contributed by atoms with Gasteiger partial charge in [-0.3, -0.25) is 4.79 Å². The highest BCUT2D eigenvalue weighted by atomic mass is 16.5. The van der Waals surface area contributed by atoms with E-state index in [1.807, 2.05) is 0 Å². The standard InChI is InChI=1S/C12H11NO4/c1-2-8-17-12(15)10(13-16)11(14)9-6-4-3-5-7-9/h2-7,16H,1,8H2. The van der Waals surface area contributed by atoms with E-state index in [4.69, 9.17) is 5.21 Å². The summed E-state index contributed by atoms with van der Waals surface area (Å²) in [5.74, 6) is -1.68. The maximum Gasteiger partial charge on any atom is 0.364 e. The van der Waals surface area contributed by atoms with E-state index >= 15 is 0 Å². The first-order valence-electron chi connectivity index (χ1n) is 4.80. The molecule has 0 fully saturated rings. The van der Waals surface area contributed by atoms with Crippen LogP contribution in [0.15, 0.2) is 48.1 Å². The molecular formula is C12H11NO4. The Kier molecular flexibility index (Phi) is 4.62. The van der Waals surface area contributed by atoms with E-state index in [1.165, 1.54) is 18.2 Å². The molecule has 0 aromatic heterocycles. The Labute approximate surface area is 98.0 Å². The predicted octanol–water partition coefficient (Wildman–Crippen LogP) is 1.43. The number of benzene rings is 1. The molecule has 0 saturated carbocycles. The lowest BCUT2D eigenvalue weighted by molar-refractivity contribution is -0.134. The molecule has 0 atom stereocenters. The number of ketones is 1. The summed E-state index contributed by atoms with van der Waals surface area (Å²) in [6.07, 6.45) is 1.35. The summed E-state index contributed by atoms with van der Waals surface area (Å²) in [7, 11) is 0. The average Bonchev–Trinajstić information content (AvgIpc) is 2.38. The van der Waals surface area contributed by atoms with Gasteiger partial charge in [-0.05, 0) is 0 Å². The highest BCUT2D eigenvalue weighted by Gasteiger charge is 2.23. The first kappa shape index (κ1) is 12.6. The number of carbonyl (C=O) groups excluding carboxylic acids is 2. The van der Waals surface area contributed by atoms with Crippen LogP contribution < -0.4 is 0 Å². The van der Waals surface area contributed by atoms with Crippen LogP contribution in [-0.2, 0) is 9.53 Å². The molecule has 0 aliphatic heterocycles. The number of rotatable bonds is 5. The molecule has 0 heterocycles. The van der Waals surface area contributed by atoms with Crippen LogP contribution in [0, 0.1) is 0 Å². The Hall–Kier alpha value is -2.43. The number of carbonyl (C=O) groups is 2. The highest BCUT2D eigenvalue weighted by molar-refractivity contribution is 6.67. The molecule has 17 heavy (non-hydrogen) atoms. The number of hydrogen-bond donors (Lipinski definition) is 1. The molecule has 0 aliphatic carbocycles. The summed E-state index contributed by atoms with van der Waals surface area (Å²) in [5, 5.41) is 11.3. The van der Waals surface area contributed by atoms with Crippen molar-refractivity contribution in [3.05, 3.63) is 48.6 Å². The van der Waals surface area contributed by atoms with Gasteiger partial charge in [-0.25, -0.2) is 4.79 Å². The van der Waals surface area contributed by atoms with Gasteiger partial charge in [-0.15, -0.1) is 0 Å². The predicted molar refractivity (Wildman–Crippen MR) is 61.2 cm³/mol. The van der Waals surface area contributed by atoms with E-state index in [-0.39, 0.29) is 12.2 Å². The fourth-order valence-electron chi connectivity index (χ4n) is 1.11. The Morgan fingerprint density at radius 2 is 2.00 bits per heavy atom. The van der Waals surface area contributed by atoms with Crippen molar-refractivity contribution >= 4 is 17.5 Å². The minimum Gasteiger partial charge on any atom is -0.457 e. The van der Waals surface area contributed by atoms with Crippen molar-refractivity contribution in [3.63, 3.8) is 0 Å². The summed E-state index contributed by atoms with van der Waals surface area (Å²) >= 11 is 0. The second-order valence-corrected chi connectivity index (χ2v) is 3.03. The zero-order valence-electron chi connectivity index (χ0n) is 9.00. The maximum absolute atomic E-state index is 11.8. The molecule has 1 aromatic rings. The van der Waals surface area contributed by atoms with Gasteiger partial charge in [0.2, 0.25) is 11.5 Å². The number of oxime groups is 1. The summed E-state index contributed by atoms with van der Waals surface area (Å²) < 4.78 is 4.62. The highest BCUT2D eigenvalue weighted by Crippen LogP contribution is 2.02. The Morgan fingerprint density at radius 1 is 1.35 bits per heavy atom. The molecule has 1 aromatic carbocycles. The number of nitrogens with zero attached hydrogens (tertiary/aromatic N) is 1. The van der Waals surface area contributed by atoms with Gasteiger partial charge < -0.3 is 9.94 Å². The largest absolute Gasteiger partial charge is 0.457 e. The summed E-state index contributed by atoms with van der Waals surface area (Å²) in [6.45, 7) is 3.30. The Morgan fingerprint density at radius 3 is 2.53 bits per heavy atom. The van der Waals surface area contributed by atoms with E-state index < -0.39 is 17.5 Å². The monoisotopic (exact) mass is 233 g/mol. The maximum atomic E-state index is 11.8. The number of ether oxygens (including phenoxy) is 1. The molecule has 1 rings (SSSR count). The number of hydrogen-bond acceptors (Lipinski definition) is 5. The molecule has 0 saturated heterocycles. The van der Waals surface area contributed by atoms with Crippen molar-refractivity contribution < 1.29 is 19.5 Å². The zero-order valence-corrected chi connectivity index (χ0v) is 9.00. The summed E-state index contributed by atoms with van der Waals surface area (Å²) in [6, 6.07) is 8.01. The lowest BCUT2D eigenvalue weighted by atomic mass is 10.1. The second kappa shape index (κ2) is 6.22. The van der Waals surface area contributed by atoms with E-state index in [1.54, 1.807) is 18.2 Å². The summed E-state index contributed by atoms with van der Waals surface area (Å²) in [4.78, 5) is 23.1. The third-order valence-corrected chi connectivity index (χ3v) is 1.88. The normalized spacial score (nSPS) is 10.7. The zero-order chi connectivity index (χ0) is 12.7. The fourth-order valence-corrected chi connectivity index (χ4v) is 1.11. The lowest BCUT2D eigenvalue weighted by Crippen LogP contribution is -2.26. The van der Waals surface area contributed by atoms with Crippen LogP contribution in [0.3, 0.4) is 0 Å². The van der Waals surface area contributed by atoms with Gasteiger partial charge >= 0.3 is 5.97 Å². The molecule has 0 bridgehead atoms. The van der Waals surface area contributed by atoms with Gasteiger partial charge in [-0.2, -0.15) is 0 Å². The first-order valence-corrected chi connectivity index (χ1v) is 4.80. The quantitative estimate of drug-likeness (QED) is 0.159. The molecular weight excluding hydrogens is 222 g/mol. The van der Waals surface area contributed by atoms with Crippen LogP contribution in [0.4, 0.5) is 0 Å². The molecule has 0 amide bonds. The van der Waals surface area contributed by atoms with Crippen LogP contribution in [0.25, 0.3) is 0 Å². The molecule has 88 valence electrons. The molecule has 1 N–H and O–H groups in total. The molecule has 0 aliphatic rings. The minimum atomic E-state index is -0.985. The van der Waals surface area contributed by atoms with Crippen LogP contribution >= 0.6 is 0 Å². The summed E-state index contributed by atoms with van der Waals surface area (Å²) in [5.41, 5.74) is -0.408. The van der Waals surface area contributed by atoms with Crippen molar-refractivity contribution in [1.29, 1.82) is 0 Å². The van der Waals surface area contributed by atoms with E-state index in [0.29, 0.717) is 0 Å². The van der Waals surface area contributed by atoms with Gasteiger partial charge in [0.25, 0.3) is 0 Å². The van der Waals surface area contributed by atoms with Crippen molar-refractivity contribution in [2.24, 2.45) is 5.16 Å². The van der Waals surface area contributed by atoms with Crippen molar-refractivity contribution in [2.45, 2.75) is 0 Å². The van der Waals surface area contributed by atoms with Crippen LogP contribution in [0.5, 0.6) is 0 Å². The molecule has 5 nitrogen and oxygen atoms in total. The smallest absolute Gasteiger partial charge is 0.364 e. The second-order valence-electron chi connectivity index (χ2n) is 3.03. The number of Topliss-reactive ketones (excluding diaryl/α,β-unsaturated/α-hetero) is 1. The molecule has 0 unspecified atom stereocenters. The fraction of sp³-hybridized carbons (Fsp3) is 0.0833. The molecule has 5 heteroatoms. The number of esters is 1. The van der Waals surface area contributed by atoms with Crippen LogP contribution in [0.2, 0.25) is 0 Å². The van der Waals surface area contributed by atoms with Gasteiger partial charge in [0.05, 0.1) is 0 Å². The van der Waals surface area contributed by atoms with Crippen molar-refractivity contribution in [3.8, 4) is 0 Å². The minimum absolute atomic E-state index is 0.0556. The van der Waals surface area contributed by atoms with Gasteiger partial charge in [-0.1, -0.05) is 48.1 Å². The third-order valence-electron chi connectivity index (χ3n) is 1.88. The van der Waals surface area contributed by atoms with Gasteiger partial charge in [0.15, 0.2) is 0 Å².